The lowest BCUT2D eigenvalue weighted by Crippen LogP contribution is -2.21. The minimum absolute atomic E-state index is 0.0301. The number of halogens is 2. The van der Waals surface area contributed by atoms with Gasteiger partial charge >= 0.3 is 0 Å². The molecule has 0 fully saturated rings. The fourth-order valence-corrected chi connectivity index (χ4v) is 1.85. The van der Waals surface area contributed by atoms with Gasteiger partial charge in [0.1, 0.15) is 0 Å². The van der Waals surface area contributed by atoms with Crippen molar-refractivity contribution < 1.29 is 5.11 Å². The Morgan fingerprint density at radius 2 is 2.22 bits per heavy atom. The van der Waals surface area contributed by atoms with Gasteiger partial charge in [0, 0.05) is 5.16 Å². The molecule has 53 valence electrons. The Hall–Kier alpha value is 1.47. The summed E-state index contributed by atoms with van der Waals surface area (Å²) in [7, 11) is 0. The Bertz CT molecular complexity index is 92.6. The second kappa shape index (κ2) is 4.37. The van der Waals surface area contributed by atoms with Crippen molar-refractivity contribution in [2.24, 2.45) is 0 Å². The Kier molecular flexibility index (Phi) is 5.09. The first-order valence-corrected chi connectivity index (χ1v) is 7.17. The first kappa shape index (κ1) is 10.5. The van der Waals surface area contributed by atoms with E-state index in [2.05, 4.69) is 22.0 Å². The predicted molar refractivity (Wildman–Crippen MR) is 53.7 cm³/mol. The lowest BCUT2D eigenvalue weighted by Gasteiger charge is -2.25. The second-order valence-electron chi connectivity index (χ2n) is 2.38. The van der Waals surface area contributed by atoms with Gasteiger partial charge in [-0.05, 0) is 0 Å². The van der Waals surface area contributed by atoms with E-state index >= 15 is 0 Å². The molecule has 0 aliphatic rings. The summed E-state index contributed by atoms with van der Waals surface area (Å²) >= 11 is 7.77. The number of aliphatic hydroxyl groups is 1. The Labute approximate surface area is 75.9 Å². The Morgan fingerprint density at radius 1 is 1.78 bits per heavy atom. The Balaban J connectivity index is 3.80. The molecule has 5 heteroatoms. The van der Waals surface area contributed by atoms with E-state index < -0.39 is 0 Å². The third-order valence-corrected chi connectivity index (χ3v) is 8.85. The van der Waals surface area contributed by atoms with Crippen LogP contribution in [0.25, 0.3) is 0 Å². The average molecular weight is 277 g/mol. The molecular formula is C4H9BClIOP. The maximum absolute atomic E-state index is 8.83. The van der Waals surface area contributed by atoms with Crippen LogP contribution in [0.5, 0.6) is 0 Å². The van der Waals surface area contributed by atoms with Crippen molar-refractivity contribution in [2.75, 3.05) is 6.61 Å². The monoisotopic (exact) mass is 277 g/mol. The summed E-state index contributed by atoms with van der Waals surface area (Å²) in [5.74, 6) is 0. The first-order valence-electron chi connectivity index (χ1n) is 2.54. The molecule has 0 aromatic carbocycles. The Morgan fingerprint density at radius 3 is 2.33 bits per heavy atom. The summed E-state index contributed by atoms with van der Waals surface area (Å²) < 4.78 is 0. The number of rotatable bonds is 3. The normalized spacial score (nSPS) is 15.2. The van der Waals surface area contributed by atoms with E-state index in [4.69, 9.17) is 16.6 Å². The van der Waals surface area contributed by atoms with Gasteiger partial charge in [-0.3, -0.25) is 0 Å². The SMILES string of the molecule is CC(C)(CO)P(I)[B]Cl. The van der Waals surface area contributed by atoms with Crippen LogP contribution >= 0.6 is 38.9 Å². The molecule has 0 aromatic heterocycles. The predicted octanol–water partition coefficient (Wildman–Crippen LogP) is 2.36. The highest BCUT2D eigenvalue weighted by Gasteiger charge is 2.25. The molecule has 1 atom stereocenters. The van der Waals surface area contributed by atoms with Gasteiger partial charge in [0.25, 0.3) is 6.41 Å². The van der Waals surface area contributed by atoms with Crippen molar-refractivity contribution >= 4 is 45.4 Å². The molecule has 0 rings (SSSR count). The van der Waals surface area contributed by atoms with Crippen LogP contribution in [-0.4, -0.2) is 23.3 Å². The molecule has 0 aromatic rings. The van der Waals surface area contributed by atoms with Gasteiger partial charge in [0.05, 0.1) is 6.61 Å². The molecule has 0 saturated carbocycles. The molecule has 1 nitrogen and oxygen atoms in total. The summed E-state index contributed by atoms with van der Waals surface area (Å²) in [6.07, 6.45) is 1.64. The van der Waals surface area contributed by atoms with Gasteiger partial charge in [-0.25, -0.2) is 0 Å². The molecule has 0 aliphatic carbocycles. The van der Waals surface area contributed by atoms with Crippen molar-refractivity contribution in [3.05, 3.63) is 0 Å². The summed E-state index contributed by atoms with van der Waals surface area (Å²) in [6, 6.07) is 0. The van der Waals surface area contributed by atoms with E-state index in [0.29, 0.717) is 0 Å². The highest BCUT2D eigenvalue weighted by atomic mass is 127. The fourth-order valence-electron chi connectivity index (χ4n) is 0.200. The zero-order valence-corrected chi connectivity index (χ0v) is 9.24. The van der Waals surface area contributed by atoms with Crippen molar-refractivity contribution in [3.8, 4) is 0 Å². The van der Waals surface area contributed by atoms with E-state index in [0.717, 1.165) is 0 Å². The van der Waals surface area contributed by atoms with Crippen LogP contribution in [0.4, 0.5) is 0 Å². The van der Waals surface area contributed by atoms with Crippen molar-refractivity contribution in [2.45, 2.75) is 19.0 Å². The van der Waals surface area contributed by atoms with Gasteiger partial charge in [-0.2, -0.15) is 11.5 Å². The zero-order chi connectivity index (χ0) is 7.49. The van der Waals surface area contributed by atoms with Gasteiger partial charge < -0.3 is 5.11 Å². The third kappa shape index (κ3) is 3.40. The largest absolute Gasteiger partial charge is 0.395 e. The quantitative estimate of drug-likeness (QED) is 0.477. The maximum Gasteiger partial charge on any atom is 0.283 e. The summed E-state index contributed by atoms with van der Waals surface area (Å²) in [6.45, 7) is 4.21. The molecule has 0 spiro atoms. The van der Waals surface area contributed by atoms with Crippen LogP contribution in [0.1, 0.15) is 13.8 Å². The molecule has 0 aliphatic heterocycles. The van der Waals surface area contributed by atoms with Gasteiger partial charge in [0.2, 0.25) is 0 Å². The average Bonchev–Trinajstić information content (AvgIpc) is 1.86. The number of hydrogen-bond acceptors (Lipinski definition) is 1. The van der Waals surface area contributed by atoms with Crippen molar-refractivity contribution in [1.29, 1.82) is 0 Å². The molecule has 1 unspecified atom stereocenters. The zero-order valence-electron chi connectivity index (χ0n) is 5.43. The first-order chi connectivity index (χ1) is 4.04. The number of aliphatic hydroxyl groups excluding tert-OH is 1. The third-order valence-electron chi connectivity index (χ3n) is 1.05. The molecule has 9 heavy (non-hydrogen) atoms. The lowest BCUT2D eigenvalue weighted by atomic mass is 10.2. The summed E-state index contributed by atoms with van der Waals surface area (Å²) in [5, 5.41) is 8.80. The van der Waals surface area contributed by atoms with E-state index in [9.17, 15) is 0 Å². The van der Waals surface area contributed by atoms with Crippen LogP contribution in [0.2, 0.25) is 0 Å². The van der Waals surface area contributed by atoms with Gasteiger partial charge in [0.15, 0.2) is 0 Å². The molecule has 0 amide bonds. The molecule has 0 bridgehead atoms. The van der Waals surface area contributed by atoms with Crippen molar-refractivity contribution in [1.82, 2.24) is 0 Å². The minimum Gasteiger partial charge on any atom is -0.395 e. The molecule has 0 saturated heterocycles. The van der Waals surface area contributed by atoms with Crippen LogP contribution in [-0.2, 0) is 0 Å². The molecule has 1 N–H and O–H groups in total. The number of hydrogen-bond donors (Lipinski definition) is 1. The topological polar surface area (TPSA) is 20.2 Å². The standard InChI is InChI=1S/C4H9BClIOP/c1-4(2,3-8)9(7)5-6/h8H,3H2,1-2H3. The molecular weight excluding hydrogens is 268 g/mol. The lowest BCUT2D eigenvalue weighted by molar-refractivity contribution is 0.264. The van der Waals surface area contributed by atoms with E-state index in [-0.39, 0.29) is 17.2 Å². The molecule has 1 radical (unpaired) electrons. The minimum atomic E-state index is -0.361. The van der Waals surface area contributed by atoms with Gasteiger partial charge in [-0.1, -0.05) is 41.3 Å². The van der Waals surface area contributed by atoms with Gasteiger partial charge in [-0.15, -0.1) is 0 Å². The van der Waals surface area contributed by atoms with E-state index in [1.165, 1.54) is 0 Å². The highest BCUT2D eigenvalue weighted by Crippen LogP contribution is 2.55. The van der Waals surface area contributed by atoms with E-state index in [1.54, 1.807) is 6.41 Å². The van der Waals surface area contributed by atoms with Crippen molar-refractivity contribution in [3.63, 3.8) is 0 Å². The van der Waals surface area contributed by atoms with Crippen LogP contribution < -0.4 is 0 Å². The van der Waals surface area contributed by atoms with Crippen LogP contribution in [0.15, 0.2) is 0 Å². The van der Waals surface area contributed by atoms with E-state index in [1.807, 2.05) is 13.8 Å². The van der Waals surface area contributed by atoms with Crippen LogP contribution in [0, 0.1) is 0 Å². The smallest absolute Gasteiger partial charge is 0.283 e. The molecule has 0 heterocycles. The highest BCUT2D eigenvalue weighted by molar-refractivity contribution is 14.2. The summed E-state index contributed by atoms with van der Waals surface area (Å²) in [4.78, 5) is 0. The second-order valence-corrected chi connectivity index (χ2v) is 8.11. The summed E-state index contributed by atoms with van der Waals surface area (Å²) in [5.41, 5.74) is -0.361. The maximum atomic E-state index is 8.83. The van der Waals surface area contributed by atoms with Crippen LogP contribution in [0.3, 0.4) is 0 Å². The fraction of sp³-hybridized carbons (Fsp3) is 1.00.